The Morgan fingerprint density at radius 2 is 2.29 bits per heavy atom. The molecular formula is C21H20F2N6O2. The minimum Gasteiger partial charge on any atom is -0.365 e. The number of alkyl halides is 1. The van der Waals surface area contributed by atoms with Gasteiger partial charge in [0.05, 0.1) is 12.5 Å². The minimum atomic E-state index is -1.56. The second-order valence-corrected chi connectivity index (χ2v) is 7.30. The Morgan fingerprint density at radius 3 is 2.87 bits per heavy atom. The van der Waals surface area contributed by atoms with Crippen molar-refractivity contribution in [2.45, 2.75) is 31.1 Å². The number of anilines is 1. The molecule has 1 aliphatic heterocycles. The van der Waals surface area contributed by atoms with Gasteiger partial charge >= 0.3 is 0 Å². The fourth-order valence-electron chi connectivity index (χ4n) is 3.77. The Hall–Kier alpha value is -3.76. The molecule has 2 aromatic rings. The van der Waals surface area contributed by atoms with Crippen molar-refractivity contribution in [3.8, 4) is 18.4 Å². The lowest BCUT2D eigenvalue weighted by atomic mass is 9.83. The number of nitrogens with two attached hydrogens (primary N) is 1. The number of hydrogen-bond acceptors (Lipinski definition) is 5. The van der Waals surface area contributed by atoms with Crippen molar-refractivity contribution < 1.29 is 18.4 Å². The lowest BCUT2D eigenvalue weighted by molar-refractivity contribution is -0.105. The number of carbonyl (C=O) groups excluding carboxylic acids is 2. The molecule has 160 valence electrons. The summed E-state index contributed by atoms with van der Waals surface area (Å²) in [5.74, 6) is 0.936. The molecule has 0 bridgehead atoms. The van der Waals surface area contributed by atoms with Crippen molar-refractivity contribution in [1.82, 2.24) is 14.7 Å². The van der Waals surface area contributed by atoms with Crippen molar-refractivity contribution in [3.05, 3.63) is 46.9 Å². The minimum absolute atomic E-state index is 0.0831. The predicted octanol–water partition coefficient (Wildman–Crippen LogP) is 1.52. The molecule has 2 unspecified atom stereocenters. The van der Waals surface area contributed by atoms with Crippen LogP contribution in [0.4, 0.5) is 14.6 Å². The Labute approximate surface area is 177 Å². The van der Waals surface area contributed by atoms with E-state index in [1.54, 1.807) is 17.0 Å². The monoisotopic (exact) mass is 426 g/mol. The number of aromatic nitrogens is 2. The molecule has 0 saturated carbocycles. The summed E-state index contributed by atoms with van der Waals surface area (Å²) in [6.45, 7) is 0.435. The number of rotatable bonds is 7. The third-order valence-corrected chi connectivity index (χ3v) is 5.49. The summed E-state index contributed by atoms with van der Waals surface area (Å²) in [5.41, 5.74) is 4.67. The summed E-state index contributed by atoms with van der Waals surface area (Å²) in [6.07, 6.45) is 5.24. The van der Waals surface area contributed by atoms with Crippen LogP contribution >= 0.6 is 0 Å². The van der Waals surface area contributed by atoms with Crippen LogP contribution in [0.3, 0.4) is 0 Å². The molecule has 1 aromatic carbocycles. The molecule has 10 heteroatoms. The van der Waals surface area contributed by atoms with E-state index < -0.39 is 23.4 Å². The molecule has 0 radical (unpaired) electrons. The van der Waals surface area contributed by atoms with E-state index in [-0.39, 0.29) is 37.3 Å². The summed E-state index contributed by atoms with van der Waals surface area (Å²) >= 11 is 0. The Morgan fingerprint density at radius 1 is 1.52 bits per heavy atom. The third kappa shape index (κ3) is 4.25. The maximum absolute atomic E-state index is 15.5. The Bertz CT molecular complexity index is 1090. The van der Waals surface area contributed by atoms with E-state index in [4.69, 9.17) is 12.2 Å². The maximum atomic E-state index is 15.5. The van der Waals surface area contributed by atoms with E-state index in [9.17, 15) is 19.2 Å². The van der Waals surface area contributed by atoms with E-state index in [1.807, 2.05) is 6.07 Å². The van der Waals surface area contributed by atoms with Crippen LogP contribution in [0.5, 0.6) is 0 Å². The van der Waals surface area contributed by atoms with Crippen LogP contribution < -0.4 is 11.1 Å². The first-order valence-electron chi connectivity index (χ1n) is 9.43. The molecule has 0 spiro atoms. The van der Waals surface area contributed by atoms with Crippen molar-refractivity contribution in [1.29, 1.82) is 5.26 Å². The zero-order valence-electron chi connectivity index (χ0n) is 16.5. The van der Waals surface area contributed by atoms with Gasteiger partial charge in [0, 0.05) is 37.0 Å². The summed E-state index contributed by atoms with van der Waals surface area (Å²) in [6, 6.07) is 6.42. The van der Waals surface area contributed by atoms with Gasteiger partial charge < -0.3 is 11.1 Å². The van der Waals surface area contributed by atoms with Crippen LogP contribution in [0.25, 0.3) is 0 Å². The van der Waals surface area contributed by atoms with Gasteiger partial charge in [0.25, 0.3) is 5.91 Å². The van der Waals surface area contributed by atoms with Gasteiger partial charge in [0.1, 0.15) is 23.1 Å². The van der Waals surface area contributed by atoms with Crippen molar-refractivity contribution in [3.63, 3.8) is 0 Å². The van der Waals surface area contributed by atoms with Gasteiger partial charge in [-0.25, -0.2) is 8.78 Å². The lowest BCUT2D eigenvalue weighted by Crippen LogP contribution is -2.54. The number of terminal acetylenes is 1. The highest BCUT2D eigenvalue weighted by molar-refractivity contribution is 5.99. The molecule has 3 rings (SSSR count). The molecule has 1 fully saturated rings. The Kier molecular flexibility index (Phi) is 6.33. The number of halogens is 2. The van der Waals surface area contributed by atoms with Gasteiger partial charge in [-0.2, -0.15) is 10.4 Å². The standard InChI is InChI=1S/C21H20F2N6O2/c1-2-14-3-4-15(17(22)9-14)10-28-8-6-21(5-7-24,18(23)12-28)29-11-16(19(25)31)20(27-29)26-13-30/h1,3-4,9,11,13,18H,5-6,8,10,12H2,(H2,25,31)(H,26,27,30). The number of primary amides is 1. The summed E-state index contributed by atoms with van der Waals surface area (Å²) < 4.78 is 31.0. The van der Waals surface area contributed by atoms with Gasteiger partial charge in [-0.1, -0.05) is 12.0 Å². The van der Waals surface area contributed by atoms with Gasteiger partial charge in [0.15, 0.2) is 5.82 Å². The first kappa shape index (κ1) is 21.9. The molecule has 8 nitrogen and oxygen atoms in total. The average Bonchev–Trinajstić information content (AvgIpc) is 3.16. The topological polar surface area (TPSA) is 117 Å². The molecule has 1 aromatic heterocycles. The van der Waals surface area contributed by atoms with E-state index in [2.05, 4.69) is 16.3 Å². The van der Waals surface area contributed by atoms with Crippen LogP contribution in [0.1, 0.15) is 34.3 Å². The molecule has 3 N–H and O–H groups in total. The van der Waals surface area contributed by atoms with Crippen molar-refractivity contribution >= 4 is 18.1 Å². The van der Waals surface area contributed by atoms with Gasteiger partial charge in [-0.05, 0) is 18.6 Å². The van der Waals surface area contributed by atoms with Crippen LogP contribution in [0, 0.1) is 29.5 Å². The predicted molar refractivity (Wildman–Crippen MR) is 108 cm³/mol. The summed E-state index contributed by atoms with van der Waals surface area (Å²) in [4.78, 5) is 24.2. The number of nitriles is 1. The van der Waals surface area contributed by atoms with E-state index in [0.717, 1.165) is 0 Å². The first-order chi connectivity index (χ1) is 14.8. The van der Waals surface area contributed by atoms with E-state index in [1.165, 1.54) is 16.9 Å². The number of benzene rings is 1. The second-order valence-electron chi connectivity index (χ2n) is 7.30. The van der Waals surface area contributed by atoms with Crippen LogP contribution in [-0.2, 0) is 16.9 Å². The quantitative estimate of drug-likeness (QED) is 0.514. The maximum Gasteiger partial charge on any atom is 0.254 e. The molecule has 2 amide bonds. The van der Waals surface area contributed by atoms with Gasteiger partial charge in [-0.15, -0.1) is 6.42 Å². The SMILES string of the molecule is C#Cc1ccc(CN2CCC(CC#N)(n3cc(C(N)=O)c(NC=O)n3)C(F)C2)c(F)c1. The number of nitrogens with one attached hydrogen (secondary N) is 1. The van der Waals surface area contributed by atoms with E-state index >= 15 is 4.39 Å². The zero-order valence-corrected chi connectivity index (χ0v) is 16.5. The smallest absolute Gasteiger partial charge is 0.254 e. The Balaban J connectivity index is 1.86. The summed E-state index contributed by atoms with van der Waals surface area (Å²) in [5, 5.41) is 15.7. The largest absolute Gasteiger partial charge is 0.365 e. The zero-order chi connectivity index (χ0) is 22.6. The number of carbonyl (C=O) groups is 2. The number of nitrogens with zero attached hydrogens (tertiary/aromatic N) is 4. The van der Waals surface area contributed by atoms with Gasteiger partial charge in [-0.3, -0.25) is 19.2 Å². The molecular weight excluding hydrogens is 406 g/mol. The van der Waals surface area contributed by atoms with Crippen LogP contribution in [0.15, 0.2) is 24.4 Å². The molecule has 1 saturated heterocycles. The highest BCUT2D eigenvalue weighted by Gasteiger charge is 2.46. The van der Waals surface area contributed by atoms with E-state index in [0.29, 0.717) is 24.1 Å². The number of likely N-dealkylation sites (tertiary alicyclic amines) is 1. The number of piperidine rings is 1. The van der Waals surface area contributed by atoms with Crippen molar-refractivity contribution in [2.75, 3.05) is 18.4 Å². The average molecular weight is 426 g/mol. The highest BCUT2D eigenvalue weighted by atomic mass is 19.1. The second kappa shape index (κ2) is 8.94. The lowest BCUT2D eigenvalue weighted by Gasteiger charge is -2.43. The van der Waals surface area contributed by atoms with Crippen LogP contribution in [-0.4, -0.2) is 46.3 Å². The summed E-state index contributed by atoms with van der Waals surface area (Å²) in [7, 11) is 0. The number of hydrogen-bond donors (Lipinski definition) is 2. The molecule has 1 aliphatic rings. The first-order valence-corrected chi connectivity index (χ1v) is 9.43. The fraction of sp³-hybridized carbons (Fsp3) is 0.333. The molecule has 2 heterocycles. The van der Waals surface area contributed by atoms with Crippen molar-refractivity contribution in [2.24, 2.45) is 5.73 Å². The molecule has 0 aliphatic carbocycles. The third-order valence-electron chi connectivity index (χ3n) is 5.49. The molecule has 31 heavy (non-hydrogen) atoms. The van der Waals surface area contributed by atoms with Crippen LogP contribution in [0.2, 0.25) is 0 Å². The highest BCUT2D eigenvalue weighted by Crippen LogP contribution is 2.37. The number of amides is 2. The normalized spacial score (nSPS) is 21.1. The fourth-order valence-corrected chi connectivity index (χ4v) is 3.77. The van der Waals surface area contributed by atoms with Gasteiger partial charge in [0.2, 0.25) is 6.41 Å². The molecule has 2 atom stereocenters.